The van der Waals surface area contributed by atoms with Crippen molar-refractivity contribution in [2.75, 3.05) is 0 Å². The molecule has 2 N–H and O–H groups in total. The van der Waals surface area contributed by atoms with Gasteiger partial charge in [0.15, 0.2) is 0 Å². The van der Waals surface area contributed by atoms with Crippen LogP contribution in [0.4, 0.5) is 0 Å². The first-order valence-electron chi connectivity index (χ1n) is 14.6. The summed E-state index contributed by atoms with van der Waals surface area (Å²) >= 11 is 0. The summed E-state index contributed by atoms with van der Waals surface area (Å²) in [5.74, 6) is 3.10. The smallest absolute Gasteiger partial charge is 0.330 e. The number of rotatable bonds is 13. The molecular weight excluding hydrogens is 460 g/mol. The maximum atomic E-state index is 10.4. The van der Waals surface area contributed by atoms with Crippen LogP contribution in [0, 0.1) is 38.5 Å². The Bertz CT molecular complexity index is 873. The van der Waals surface area contributed by atoms with Gasteiger partial charge in [-0.3, -0.25) is 0 Å². The van der Waals surface area contributed by atoms with E-state index in [1.54, 1.807) is 0 Å². The van der Waals surface area contributed by atoms with Crippen molar-refractivity contribution < 1.29 is 19.7 Å². The van der Waals surface area contributed by atoms with Gasteiger partial charge in [-0.25, -0.2) is 4.79 Å². The largest absolute Gasteiger partial charge is 0.507 e. The summed E-state index contributed by atoms with van der Waals surface area (Å²) in [6.45, 7) is 22.5. The average Bonchev–Trinajstić information content (AvgIpc) is 2.81. The average molecular weight is 517 g/mol. The van der Waals surface area contributed by atoms with Crippen molar-refractivity contribution in [1.82, 2.24) is 0 Å². The standard InChI is InChI=1S/C29H50O2.C4H6O2/c1-20(2)12-9-13-21(3)14-10-15-22(4)16-11-18-29(8)19-17-26-25(7)27(30)23(5)24(6)28(26)31-29;1-3(2)4(5)6/h20-22,30H,9-19H2,1-8H3;1H2,2H3,(H,5,6)/t21-,22-,29-;/m1./s1. The van der Waals surface area contributed by atoms with E-state index in [4.69, 9.17) is 9.84 Å². The summed E-state index contributed by atoms with van der Waals surface area (Å²) in [4.78, 5) is 9.60. The molecule has 212 valence electrons. The fourth-order valence-electron chi connectivity index (χ4n) is 5.27. The van der Waals surface area contributed by atoms with Gasteiger partial charge in [-0.15, -0.1) is 0 Å². The van der Waals surface area contributed by atoms with Crippen LogP contribution in [0.3, 0.4) is 0 Å². The predicted molar refractivity (Wildman–Crippen MR) is 157 cm³/mol. The van der Waals surface area contributed by atoms with Crippen molar-refractivity contribution in [1.29, 1.82) is 0 Å². The van der Waals surface area contributed by atoms with Crippen LogP contribution in [0.15, 0.2) is 12.2 Å². The van der Waals surface area contributed by atoms with Crippen molar-refractivity contribution >= 4 is 5.97 Å². The molecule has 0 amide bonds. The lowest BCUT2D eigenvalue weighted by molar-refractivity contribution is -0.132. The first-order chi connectivity index (χ1) is 17.2. The van der Waals surface area contributed by atoms with Gasteiger partial charge >= 0.3 is 5.97 Å². The predicted octanol–water partition coefficient (Wildman–Crippen LogP) is 9.49. The van der Waals surface area contributed by atoms with Crippen molar-refractivity contribution in [3.63, 3.8) is 0 Å². The number of aliphatic carboxylic acids is 1. The van der Waals surface area contributed by atoms with E-state index in [-0.39, 0.29) is 11.2 Å². The van der Waals surface area contributed by atoms with E-state index in [2.05, 4.69) is 48.1 Å². The topological polar surface area (TPSA) is 66.8 Å². The Morgan fingerprint density at radius 1 is 0.919 bits per heavy atom. The lowest BCUT2D eigenvalue weighted by Crippen LogP contribution is -2.37. The van der Waals surface area contributed by atoms with E-state index < -0.39 is 5.97 Å². The number of carbonyl (C=O) groups is 1. The maximum absolute atomic E-state index is 10.4. The monoisotopic (exact) mass is 516 g/mol. The molecule has 37 heavy (non-hydrogen) atoms. The van der Waals surface area contributed by atoms with E-state index >= 15 is 0 Å². The molecule has 0 aliphatic carbocycles. The Hall–Kier alpha value is -1.97. The normalized spacial score (nSPS) is 18.3. The second kappa shape index (κ2) is 15.4. The number of ether oxygens (including phenoxy) is 1. The molecule has 0 saturated carbocycles. The summed E-state index contributed by atoms with van der Waals surface area (Å²) in [6, 6.07) is 0. The van der Waals surface area contributed by atoms with E-state index in [0.717, 1.165) is 59.5 Å². The van der Waals surface area contributed by atoms with Crippen molar-refractivity contribution in [3.05, 3.63) is 34.4 Å². The van der Waals surface area contributed by atoms with Gasteiger partial charge in [-0.05, 0) is 94.7 Å². The zero-order chi connectivity index (χ0) is 28.3. The van der Waals surface area contributed by atoms with Crippen LogP contribution in [0.2, 0.25) is 0 Å². The van der Waals surface area contributed by atoms with E-state index in [0.29, 0.717) is 5.75 Å². The lowest BCUT2D eigenvalue weighted by Gasteiger charge is -2.38. The van der Waals surface area contributed by atoms with Gasteiger partial charge < -0.3 is 14.9 Å². The van der Waals surface area contributed by atoms with Crippen LogP contribution in [0.25, 0.3) is 0 Å². The Balaban J connectivity index is 0.00000102. The first-order valence-corrected chi connectivity index (χ1v) is 14.6. The lowest BCUT2D eigenvalue weighted by atomic mass is 9.84. The summed E-state index contributed by atoms with van der Waals surface area (Å²) in [7, 11) is 0. The van der Waals surface area contributed by atoms with E-state index in [9.17, 15) is 9.90 Å². The fourth-order valence-corrected chi connectivity index (χ4v) is 5.27. The highest BCUT2D eigenvalue weighted by atomic mass is 16.5. The minimum Gasteiger partial charge on any atom is -0.507 e. The number of fused-ring (bicyclic) bond motifs is 1. The van der Waals surface area contributed by atoms with Crippen molar-refractivity contribution in [2.24, 2.45) is 17.8 Å². The highest BCUT2D eigenvalue weighted by Gasteiger charge is 2.34. The molecule has 1 aliphatic rings. The van der Waals surface area contributed by atoms with E-state index in [1.165, 1.54) is 63.9 Å². The Morgan fingerprint density at radius 2 is 1.41 bits per heavy atom. The molecule has 4 nitrogen and oxygen atoms in total. The molecule has 0 aromatic heterocycles. The molecule has 1 aliphatic heterocycles. The highest BCUT2D eigenvalue weighted by molar-refractivity contribution is 5.84. The van der Waals surface area contributed by atoms with Gasteiger partial charge in [0, 0.05) is 11.1 Å². The third-order valence-corrected chi connectivity index (χ3v) is 8.23. The minimum absolute atomic E-state index is 0.0712. The SMILES string of the molecule is C=C(C)C(=O)O.Cc1c(C)c2c(c(C)c1O)CC[C@@](C)(CCC[C@H](C)CCC[C@H](C)CCCC(C)C)O2. The van der Waals surface area contributed by atoms with Crippen molar-refractivity contribution in [3.8, 4) is 11.5 Å². The quantitative estimate of drug-likeness (QED) is 0.256. The van der Waals surface area contributed by atoms with Crippen LogP contribution in [-0.4, -0.2) is 21.8 Å². The number of phenolic OH excluding ortho intramolecular Hbond substituents is 1. The number of phenols is 1. The zero-order valence-corrected chi connectivity index (χ0v) is 25.4. The third-order valence-electron chi connectivity index (χ3n) is 8.23. The molecule has 0 fully saturated rings. The number of carboxylic acids is 1. The molecule has 0 unspecified atom stereocenters. The summed E-state index contributed by atoms with van der Waals surface area (Å²) < 4.78 is 6.60. The minimum atomic E-state index is -0.935. The van der Waals surface area contributed by atoms with Crippen molar-refractivity contribution in [2.45, 2.75) is 139 Å². The Morgan fingerprint density at radius 3 is 1.89 bits per heavy atom. The second-order valence-electron chi connectivity index (χ2n) is 12.5. The highest BCUT2D eigenvalue weighted by Crippen LogP contribution is 2.44. The molecule has 3 atom stereocenters. The molecule has 0 radical (unpaired) electrons. The second-order valence-corrected chi connectivity index (χ2v) is 12.5. The Labute approximate surface area is 227 Å². The molecule has 0 saturated heterocycles. The molecule has 0 spiro atoms. The Kier molecular flexibility index (Phi) is 13.8. The van der Waals surface area contributed by atoms with Crippen LogP contribution in [0.1, 0.15) is 128 Å². The molecule has 1 heterocycles. The summed E-state index contributed by atoms with van der Waals surface area (Å²) in [5.41, 5.74) is 4.40. The van der Waals surface area contributed by atoms with Gasteiger partial charge in [-0.1, -0.05) is 79.2 Å². The molecular formula is C33H56O4. The maximum Gasteiger partial charge on any atom is 0.330 e. The van der Waals surface area contributed by atoms with Gasteiger partial charge in [0.05, 0.1) is 0 Å². The number of hydrogen-bond donors (Lipinski definition) is 2. The van der Waals surface area contributed by atoms with Crippen LogP contribution in [0.5, 0.6) is 11.5 Å². The fraction of sp³-hybridized carbons (Fsp3) is 0.727. The number of aromatic hydroxyl groups is 1. The third kappa shape index (κ3) is 11.1. The van der Waals surface area contributed by atoms with Gasteiger partial charge in [0.1, 0.15) is 17.1 Å². The molecule has 1 aromatic rings. The number of carboxylic acid groups (broad SMARTS) is 1. The van der Waals surface area contributed by atoms with Gasteiger partial charge in [0.25, 0.3) is 0 Å². The van der Waals surface area contributed by atoms with E-state index in [1.807, 2.05) is 13.8 Å². The summed E-state index contributed by atoms with van der Waals surface area (Å²) in [5, 5.41) is 18.3. The number of benzene rings is 1. The summed E-state index contributed by atoms with van der Waals surface area (Å²) in [6.07, 6.45) is 14.1. The van der Waals surface area contributed by atoms with Crippen LogP contribution >= 0.6 is 0 Å². The van der Waals surface area contributed by atoms with Crippen LogP contribution in [-0.2, 0) is 11.2 Å². The zero-order valence-electron chi connectivity index (χ0n) is 25.4. The van der Waals surface area contributed by atoms with Gasteiger partial charge in [-0.2, -0.15) is 0 Å². The number of hydrogen-bond acceptors (Lipinski definition) is 3. The molecule has 4 heteroatoms. The van der Waals surface area contributed by atoms with Gasteiger partial charge in [0.2, 0.25) is 0 Å². The van der Waals surface area contributed by atoms with Crippen LogP contribution < -0.4 is 4.74 Å². The molecule has 1 aromatic carbocycles. The first kappa shape index (κ1) is 33.1. The molecule has 2 rings (SSSR count). The molecule has 0 bridgehead atoms.